The predicted octanol–water partition coefficient (Wildman–Crippen LogP) is 4.35. The van der Waals surface area contributed by atoms with E-state index in [0.717, 1.165) is 42.6 Å². The zero-order valence-corrected chi connectivity index (χ0v) is 14.0. The lowest BCUT2D eigenvalue weighted by Crippen LogP contribution is -2.45. The van der Waals surface area contributed by atoms with Gasteiger partial charge in [0, 0.05) is 17.3 Å². The molecular weight excluding hydrogens is 302 g/mol. The minimum absolute atomic E-state index is 0.208. The highest BCUT2D eigenvalue weighted by Crippen LogP contribution is 2.53. The molecule has 0 radical (unpaired) electrons. The molecule has 0 N–H and O–H groups in total. The summed E-state index contributed by atoms with van der Waals surface area (Å²) in [7, 11) is 3.23. The maximum absolute atomic E-state index is 13.3. The molecule has 0 bridgehead atoms. The minimum Gasteiger partial charge on any atom is -0.493 e. The van der Waals surface area contributed by atoms with Gasteiger partial charge >= 0.3 is 0 Å². The molecule has 2 aliphatic rings. The first kappa shape index (κ1) is 15.1. The van der Waals surface area contributed by atoms with Crippen LogP contribution in [0.25, 0.3) is 0 Å². The maximum Gasteiger partial charge on any atom is 0.190 e. The van der Waals surface area contributed by atoms with Gasteiger partial charge < -0.3 is 14.4 Å². The van der Waals surface area contributed by atoms with E-state index >= 15 is 0 Å². The van der Waals surface area contributed by atoms with Crippen LogP contribution in [0.5, 0.6) is 11.5 Å². The van der Waals surface area contributed by atoms with Crippen molar-refractivity contribution < 1.29 is 14.3 Å². The Kier molecular flexibility index (Phi) is 3.48. The van der Waals surface area contributed by atoms with Crippen LogP contribution in [0, 0.1) is 0 Å². The fraction of sp³-hybridized carbons (Fsp3) is 0.350. The van der Waals surface area contributed by atoms with Gasteiger partial charge in [-0.3, -0.25) is 4.79 Å². The topological polar surface area (TPSA) is 38.8 Å². The zero-order valence-electron chi connectivity index (χ0n) is 14.0. The highest BCUT2D eigenvalue weighted by molar-refractivity contribution is 6.16. The molecule has 1 fully saturated rings. The van der Waals surface area contributed by atoms with Crippen LogP contribution in [0.3, 0.4) is 0 Å². The van der Waals surface area contributed by atoms with E-state index in [1.165, 1.54) is 0 Å². The molecule has 1 aliphatic carbocycles. The van der Waals surface area contributed by atoms with Gasteiger partial charge in [0.1, 0.15) is 5.54 Å². The molecule has 2 aromatic carbocycles. The molecule has 0 unspecified atom stereocenters. The summed E-state index contributed by atoms with van der Waals surface area (Å²) in [5.41, 5.74) is 2.25. The Bertz CT molecular complexity index is 779. The molecule has 4 heteroatoms. The number of fused-ring (bicyclic) bond motifs is 1. The first-order valence-electron chi connectivity index (χ1n) is 8.37. The molecule has 1 spiro atoms. The molecule has 0 saturated heterocycles. The van der Waals surface area contributed by atoms with Gasteiger partial charge in [0.25, 0.3) is 0 Å². The number of rotatable bonds is 3. The van der Waals surface area contributed by atoms with Gasteiger partial charge in [0.05, 0.1) is 19.9 Å². The number of hydrogen-bond acceptors (Lipinski definition) is 4. The van der Waals surface area contributed by atoms with Crippen molar-refractivity contribution >= 4 is 17.2 Å². The van der Waals surface area contributed by atoms with E-state index in [1.807, 2.05) is 30.3 Å². The van der Waals surface area contributed by atoms with E-state index in [0.29, 0.717) is 11.5 Å². The second-order valence-electron chi connectivity index (χ2n) is 6.46. The summed E-state index contributed by atoms with van der Waals surface area (Å²) in [4.78, 5) is 15.6. The van der Waals surface area contributed by atoms with Gasteiger partial charge in [-0.25, -0.2) is 0 Å². The number of ketones is 1. The van der Waals surface area contributed by atoms with E-state index in [1.54, 1.807) is 14.2 Å². The number of carbonyl (C=O) groups is 1. The summed E-state index contributed by atoms with van der Waals surface area (Å²) < 4.78 is 10.9. The lowest BCUT2D eigenvalue weighted by atomic mass is 9.90. The van der Waals surface area contributed by atoms with Crippen LogP contribution in [0.4, 0.5) is 11.4 Å². The van der Waals surface area contributed by atoms with Crippen LogP contribution < -0.4 is 14.4 Å². The van der Waals surface area contributed by atoms with Crippen LogP contribution >= 0.6 is 0 Å². The van der Waals surface area contributed by atoms with E-state index in [9.17, 15) is 4.79 Å². The van der Waals surface area contributed by atoms with Crippen molar-refractivity contribution in [2.24, 2.45) is 0 Å². The van der Waals surface area contributed by atoms with Crippen molar-refractivity contribution in [1.82, 2.24) is 0 Å². The number of ether oxygens (including phenoxy) is 2. The summed E-state index contributed by atoms with van der Waals surface area (Å²) in [6.07, 6.45) is 3.94. The van der Waals surface area contributed by atoms with Gasteiger partial charge in [-0.2, -0.15) is 0 Å². The summed E-state index contributed by atoms with van der Waals surface area (Å²) in [6, 6.07) is 13.9. The number of Topliss-reactive ketones (excluding diaryl/α,β-unsaturated/α-hetero) is 1. The van der Waals surface area contributed by atoms with Crippen molar-refractivity contribution in [3.8, 4) is 11.5 Å². The third-order valence-electron chi connectivity index (χ3n) is 5.28. The summed E-state index contributed by atoms with van der Waals surface area (Å²) >= 11 is 0. The molecule has 2 aromatic rings. The fourth-order valence-corrected chi connectivity index (χ4v) is 4.19. The van der Waals surface area contributed by atoms with Crippen LogP contribution in [0.2, 0.25) is 0 Å². The quantitative estimate of drug-likeness (QED) is 0.842. The Morgan fingerprint density at radius 3 is 2.21 bits per heavy atom. The molecule has 1 aliphatic heterocycles. The summed E-state index contributed by atoms with van der Waals surface area (Å²) in [5.74, 6) is 1.47. The average Bonchev–Trinajstić information content (AvgIpc) is 3.20. The SMILES string of the molecule is COc1cc2c(cc1OC)N(c1ccccc1)C1(CCCC1)C2=O. The molecule has 4 rings (SSSR count). The Hall–Kier alpha value is -2.49. The monoisotopic (exact) mass is 323 g/mol. The first-order valence-corrected chi connectivity index (χ1v) is 8.37. The van der Waals surface area contributed by atoms with Crippen molar-refractivity contribution in [3.05, 3.63) is 48.0 Å². The highest BCUT2D eigenvalue weighted by Gasteiger charge is 2.53. The van der Waals surface area contributed by atoms with Crippen molar-refractivity contribution in [2.75, 3.05) is 19.1 Å². The van der Waals surface area contributed by atoms with Crippen molar-refractivity contribution in [2.45, 2.75) is 31.2 Å². The lowest BCUT2D eigenvalue weighted by Gasteiger charge is -2.35. The highest BCUT2D eigenvalue weighted by atomic mass is 16.5. The number of hydrogen-bond donors (Lipinski definition) is 0. The van der Waals surface area contributed by atoms with Gasteiger partial charge in [0.2, 0.25) is 0 Å². The number of benzene rings is 2. The molecule has 124 valence electrons. The molecule has 0 aromatic heterocycles. The van der Waals surface area contributed by atoms with E-state index in [4.69, 9.17) is 9.47 Å². The largest absolute Gasteiger partial charge is 0.493 e. The Morgan fingerprint density at radius 2 is 1.58 bits per heavy atom. The third kappa shape index (κ3) is 1.95. The van der Waals surface area contributed by atoms with Crippen LogP contribution in [0.1, 0.15) is 36.0 Å². The van der Waals surface area contributed by atoms with Gasteiger partial charge in [0.15, 0.2) is 17.3 Å². The number of para-hydroxylation sites is 1. The van der Waals surface area contributed by atoms with Crippen molar-refractivity contribution in [1.29, 1.82) is 0 Å². The third-order valence-corrected chi connectivity index (χ3v) is 5.28. The molecule has 4 nitrogen and oxygen atoms in total. The Labute approximate surface area is 142 Å². The normalized spacial score (nSPS) is 18.1. The summed E-state index contributed by atoms with van der Waals surface area (Å²) in [5, 5.41) is 0. The molecule has 0 amide bonds. The van der Waals surface area contributed by atoms with Gasteiger partial charge in [-0.15, -0.1) is 0 Å². The van der Waals surface area contributed by atoms with Crippen LogP contribution in [-0.2, 0) is 0 Å². The molecule has 0 atom stereocenters. The van der Waals surface area contributed by atoms with Crippen LogP contribution in [-0.4, -0.2) is 25.5 Å². The summed E-state index contributed by atoms with van der Waals surface area (Å²) in [6.45, 7) is 0. The lowest BCUT2D eigenvalue weighted by molar-refractivity contribution is 0.0909. The number of anilines is 2. The van der Waals surface area contributed by atoms with Crippen LogP contribution in [0.15, 0.2) is 42.5 Å². The minimum atomic E-state index is -0.457. The van der Waals surface area contributed by atoms with E-state index in [-0.39, 0.29) is 5.78 Å². The average molecular weight is 323 g/mol. The predicted molar refractivity (Wildman–Crippen MR) is 93.7 cm³/mol. The zero-order chi connectivity index (χ0) is 16.7. The van der Waals surface area contributed by atoms with E-state index in [2.05, 4.69) is 17.0 Å². The molecule has 24 heavy (non-hydrogen) atoms. The molecular formula is C20H21NO3. The molecule has 1 saturated carbocycles. The second-order valence-corrected chi connectivity index (χ2v) is 6.46. The number of carbonyl (C=O) groups excluding carboxylic acids is 1. The smallest absolute Gasteiger partial charge is 0.190 e. The number of nitrogens with zero attached hydrogens (tertiary/aromatic N) is 1. The number of methoxy groups -OCH3 is 2. The molecule has 1 heterocycles. The van der Waals surface area contributed by atoms with Crippen molar-refractivity contribution in [3.63, 3.8) is 0 Å². The van der Waals surface area contributed by atoms with Gasteiger partial charge in [-0.1, -0.05) is 31.0 Å². The van der Waals surface area contributed by atoms with E-state index < -0.39 is 5.54 Å². The Morgan fingerprint density at radius 1 is 0.958 bits per heavy atom. The second kappa shape index (κ2) is 5.55. The Balaban J connectivity index is 1.95. The van der Waals surface area contributed by atoms with Gasteiger partial charge in [-0.05, 0) is 31.0 Å². The standard InChI is InChI=1S/C20H21NO3/c1-23-17-12-15-16(13-18(17)24-2)21(14-8-4-3-5-9-14)20(19(15)22)10-6-7-11-20/h3-5,8-9,12-13H,6-7,10-11H2,1-2H3. The maximum atomic E-state index is 13.3. The fourth-order valence-electron chi connectivity index (χ4n) is 4.19. The first-order chi connectivity index (χ1) is 11.7.